The standard InChI is InChI=1S/C15H28N2O4/c1-3-20-8-9-21-12-4-6-17(7-5-12)15(18)14-10-13(19-2)11-16-14/h12-14,16H,3-11H2,1-2H3. The molecule has 1 amide bonds. The van der Waals surface area contributed by atoms with Crippen LogP contribution in [-0.2, 0) is 19.0 Å². The monoisotopic (exact) mass is 300 g/mol. The number of piperidine rings is 1. The van der Waals surface area contributed by atoms with Crippen LogP contribution >= 0.6 is 0 Å². The molecule has 2 fully saturated rings. The number of nitrogens with zero attached hydrogens (tertiary/aromatic N) is 1. The predicted octanol–water partition coefficient (Wildman–Crippen LogP) is 0.407. The second kappa shape index (κ2) is 8.68. The van der Waals surface area contributed by atoms with Gasteiger partial charge in [0, 0.05) is 33.4 Å². The van der Waals surface area contributed by atoms with Crippen LogP contribution in [0.3, 0.4) is 0 Å². The van der Waals surface area contributed by atoms with Crippen molar-refractivity contribution < 1.29 is 19.0 Å². The maximum atomic E-state index is 12.4. The molecule has 2 aliphatic rings. The third kappa shape index (κ3) is 4.92. The Morgan fingerprint density at radius 3 is 2.62 bits per heavy atom. The lowest BCUT2D eigenvalue weighted by atomic mass is 10.1. The Morgan fingerprint density at radius 2 is 2.00 bits per heavy atom. The highest BCUT2D eigenvalue weighted by molar-refractivity contribution is 5.82. The quantitative estimate of drug-likeness (QED) is 0.690. The average Bonchev–Trinajstić information content (AvgIpc) is 3.00. The topological polar surface area (TPSA) is 60.0 Å². The van der Waals surface area contributed by atoms with Crippen LogP contribution in [0.2, 0.25) is 0 Å². The van der Waals surface area contributed by atoms with Gasteiger partial charge in [-0.3, -0.25) is 4.79 Å². The molecule has 2 saturated heterocycles. The third-order valence-corrected chi connectivity index (χ3v) is 4.26. The first-order chi connectivity index (χ1) is 10.2. The van der Waals surface area contributed by atoms with Gasteiger partial charge in [0.05, 0.1) is 31.5 Å². The van der Waals surface area contributed by atoms with Crippen molar-refractivity contribution in [3.8, 4) is 0 Å². The molecular weight excluding hydrogens is 272 g/mol. The molecule has 2 unspecified atom stereocenters. The van der Waals surface area contributed by atoms with Crippen molar-refractivity contribution in [3.63, 3.8) is 0 Å². The van der Waals surface area contributed by atoms with Crippen LogP contribution in [0.5, 0.6) is 0 Å². The number of ether oxygens (including phenoxy) is 3. The van der Waals surface area contributed by atoms with Crippen molar-refractivity contribution in [2.75, 3.05) is 46.6 Å². The molecule has 0 radical (unpaired) electrons. The number of amides is 1. The summed E-state index contributed by atoms with van der Waals surface area (Å²) in [6, 6.07) is -0.0784. The Bertz CT molecular complexity index is 319. The van der Waals surface area contributed by atoms with E-state index >= 15 is 0 Å². The molecule has 21 heavy (non-hydrogen) atoms. The van der Waals surface area contributed by atoms with Gasteiger partial charge in [-0.05, 0) is 26.2 Å². The zero-order valence-corrected chi connectivity index (χ0v) is 13.2. The van der Waals surface area contributed by atoms with Crippen LogP contribution in [0.4, 0.5) is 0 Å². The summed E-state index contributed by atoms with van der Waals surface area (Å²) in [6.07, 6.45) is 3.03. The molecule has 0 bridgehead atoms. The second-order valence-electron chi connectivity index (χ2n) is 5.65. The third-order valence-electron chi connectivity index (χ3n) is 4.26. The molecule has 6 heteroatoms. The zero-order valence-electron chi connectivity index (χ0n) is 13.2. The Hall–Kier alpha value is -0.690. The van der Waals surface area contributed by atoms with Crippen molar-refractivity contribution >= 4 is 5.91 Å². The van der Waals surface area contributed by atoms with E-state index in [1.54, 1.807) is 7.11 Å². The zero-order chi connectivity index (χ0) is 15.1. The summed E-state index contributed by atoms with van der Waals surface area (Å²) >= 11 is 0. The fraction of sp³-hybridized carbons (Fsp3) is 0.933. The van der Waals surface area contributed by atoms with Crippen molar-refractivity contribution in [1.29, 1.82) is 0 Å². The smallest absolute Gasteiger partial charge is 0.239 e. The Labute approximate surface area is 127 Å². The number of likely N-dealkylation sites (tertiary alicyclic amines) is 1. The molecule has 0 spiro atoms. The Balaban J connectivity index is 1.65. The summed E-state index contributed by atoms with van der Waals surface area (Å²) in [7, 11) is 1.70. The summed E-state index contributed by atoms with van der Waals surface area (Å²) in [5.41, 5.74) is 0. The summed E-state index contributed by atoms with van der Waals surface area (Å²) in [6.45, 7) is 6.35. The Kier molecular flexibility index (Phi) is 6.89. The fourth-order valence-corrected chi connectivity index (χ4v) is 2.95. The van der Waals surface area contributed by atoms with Gasteiger partial charge in [-0.2, -0.15) is 0 Å². The van der Waals surface area contributed by atoms with Gasteiger partial charge in [0.2, 0.25) is 5.91 Å². The highest BCUT2D eigenvalue weighted by Crippen LogP contribution is 2.18. The van der Waals surface area contributed by atoms with Crippen LogP contribution in [0.1, 0.15) is 26.2 Å². The van der Waals surface area contributed by atoms with E-state index in [-0.39, 0.29) is 24.2 Å². The fourth-order valence-electron chi connectivity index (χ4n) is 2.95. The van der Waals surface area contributed by atoms with E-state index in [0.29, 0.717) is 13.2 Å². The SMILES string of the molecule is CCOCCOC1CCN(C(=O)C2CC(OC)CN2)CC1. The van der Waals surface area contributed by atoms with Gasteiger partial charge in [-0.1, -0.05) is 0 Å². The number of carbonyl (C=O) groups excluding carboxylic acids is 1. The Morgan fingerprint density at radius 1 is 1.24 bits per heavy atom. The number of carbonyl (C=O) groups is 1. The van der Waals surface area contributed by atoms with E-state index in [9.17, 15) is 4.79 Å². The van der Waals surface area contributed by atoms with E-state index in [0.717, 1.165) is 45.5 Å². The van der Waals surface area contributed by atoms with E-state index < -0.39 is 0 Å². The van der Waals surface area contributed by atoms with Gasteiger partial charge in [0.1, 0.15) is 0 Å². The maximum Gasteiger partial charge on any atom is 0.239 e. The van der Waals surface area contributed by atoms with Crippen LogP contribution in [0, 0.1) is 0 Å². The molecule has 0 aromatic carbocycles. The van der Waals surface area contributed by atoms with Crippen molar-refractivity contribution in [3.05, 3.63) is 0 Å². The molecule has 122 valence electrons. The molecule has 0 aliphatic carbocycles. The number of hydrogen-bond donors (Lipinski definition) is 1. The summed E-state index contributed by atoms with van der Waals surface area (Å²) in [4.78, 5) is 14.4. The van der Waals surface area contributed by atoms with E-state index in [4.69, 9.17) is 14.2 Å². The molecule has 2 aliphatic heterocycles. The van der Waals surface area contributed by atoms with Crippen LogP contribution in [0.25, 0.3) is 0 Å². The van der Waals surface area contributed by atoms with Gasteiger partial charge in [-0.15, -0.1) is 0 Å². The number of hydrogen-bond acceptors (Lipinski definition) is 5. The van der Waals surface area contributed by atoms with Crippen molar-refractivity contribution in [1.82, 2.24) is 10.2 Å². The summed E-state index contributed by atoms with van der Waals surface area (Å²) < 4.78 is 16.3. The first kappa shape index (κ1) is 16.7. The predicted molar refractivity (Wildman–Crippen MR) is 79.3 cm³/mol. The van der Waals surface area contributed by atoms with E-state index in [2.05, 4.69) is 5.32 Å². The summed E-state index contributed by atoms with van der Waals surface area (Å²) in [5.74, 6) is 0.210. The molecule has 6 nitrogen and oxygen atoms in total. The van der Waals surface area contributed by atoms with Gasteiger partial charge >= 0.3 is 0 Å². The minimum atomic E-state index is -0.0784. The molecule has 1 N–H and O–H groups in total. The first-order valence-corrected chi connectivity index (χ1v) is 7.99. The second-order valence-corrected chi connectivity index (χ2v) is 5.65. The molecule has 0 saturated carbocycles. The van der Waals surface area contributed by atoms with Crippen molar-refractivity contribution in [2.45, 2.75) is 44.4 Å². The lowest BCUT2D eigenvalue weighted by Gasteiger charge is -2.33. The summed E-state index contributed by atoms with van der Waals surface area (Å²) in [5, 5.41) is 3.25. The lowest BCUT2D eigenvalue weighted by molar-refractivity contribution is -0.136. The molecular formula is C15H28N2O4. The van der Waals surface area contributed by atoms with Gasteiger partial charge in [-0.25, -0.2) is 0 Å². The van der Waals surface area contributed by atoms with Gasteiger partial charge < -0.3 is 24.4 Å². The molecule has 2 heterocycles. The van der Waals surface area contributed by atoms with Crippen LogP contribution < -0.4 is 5.32 Å². The average molecular weight is 300 g/mol. The normalized spacial score (nSPS) is 27.2. The van der Waals surface area contributed by atoms with Gasteiger partial charge in [0.25, 0.3) is 0 Å². The highest BCUT2D eigenvalue weighted by atomic mass is 16.5. The molecule has 2 rings (SSSR count). The lowest BCUT2D eigenvalue weighted by Crippen LogP contribution is -2.48. The van der Waals surface area contributed by atoms with Crippen LogP contribution in [0.15, 0.2) is 0 Å². The van der Waals surface area contributed by atoms with E-state index in [1.165, 1.54) is 0 Å². The number of nitrogens with one attached hydrogen (secondary N) is 1. The minimum absolute atomic E-state index is 0.0784. The number of rotatable bonds is 7. The molecule has 2 atom stereocenters. The van der Waals surface area contributed by atoms with Crippen molar-refractivity contribution in [2.24, 2.45) is 0 Å². The maximum absolute atomic E-state index is 12.4. The van der Waals surface area contributed by atoms with E-state index in [1.807, 2.05) is 11.8 Å². The largest absolute Gasteiger partial charge is 0.380 e. The minimum Gasteiger partial charge on any atom is -0.380 e. The highest BCUT2D eigenvalue weighted by Gasteiger charge is 2.33. The first-order valence-electron chi connectivity index (χ1n) is 7.99. The molecule has 0 aromatic heterocycles. The van der Waals surface area contributed by atoms with Gasteiger partial charge in [0.15, 0.2) is 0 Å². The van der Waals surface area contributed by atoms with Crippen LogP contribution in [-0.4, -0.2) is 75.6 Å². The number of methoxy groups -OCH3 is 1. The molecule has 0 aromatic rings.